The monoisotopic (exact) mass is 450 g/mol. The van der Waals surface area contributed by atoms with Gasteiger partial charge in [-0.05, 0) is 36.1 Å². The Morgan fingerprint density at radius 2 is 1.53 bits per heavy atom. The number of amides is 1. The number of nitrogens with zero attached hydrogens (tertiary/aromatic N) is 2. The third kappa shape index (κ3) is 4.05. The van der Waals surface area contributed by atoms with E-state index in [-0.39, 0.29) is 28.6 Å². The summed E-state index contributed by atoms with van der Waals surface area (Å²) < 4.78 is 1.81. The molecule has 0 aliphatic carbocycles. The van der Waals surface area contributed by atoms with E-state index in [9.17, 15) is 14.4 Å². The summed E-state index contributed by atoms with van der Waals surface area (Å²) in [4.78, 5) is 41.3. The predicted octanol–water partition coefficient (Wildman–Crippen LogP) is 4.94. The molecule has 1 fully saturated rings. The number of likely N-dealkylation sites (tertiary alicyclic amines) is 1. The second-order valence-electron chi connectivity index (χ2n) is 8.90. The van der Waals surface area contributed by atoms with E-state index in [0.29, 0.717) is 24.0 Å². The molecule has 4 aromatic rings. The summed E-state index contributed by atoms with van der Waals surface area (Å²) in [5.41, 5.74) is 3.50. The molecular weight excluding hydrogens is 424 g/mol. The van der Waals surface area contributed by atoms with E-state index in [0.717, 1.165) is 29.5 Å². The van der Waals surface area contributed by atoms with Gasteiger partial charge in [0.15, 0.2) is 5.78 Å². The SMILES string of the molecule is Cn1cc(C(=O)N2CCC[C@H](C(=O)c3ccc(-c4ccccc4)cc3)C2)c(=O)c2ccccc21. The molecule has 0 radical (unpaired) electrons. The molecule has 0 bridgehead atoms. The molecule has 0 spiro atoms. The maximum Gasteiger partial charge on any atom is 0.259 e. The van der Waals surface area contributed by atoms with Crippen molar-refractivity contribution >= 4 is 22.6 Å². The average Bonchev–Trinajstić information content (AvgIpc) is 2.90. The molecule has 0 N–H and O–H groups in total. The van der Waals surface area contributed by atoms with Crippen LogP contribution in [0.1, 0.15) is 33.6 Å². The summed E-state index contributed by atoms with van der Waals surface area (Å²) in [6, 6.07) is 25.0. The Labute approximate surface area is 198 Å². The zero-order valence-corrected chi connectivity index (χ0v) is 19.1. The number of hydrogen-bond acceptors (Lipinski definition) is 3. The lowest BCUT2D eigenvalue weighted by atomic mass is 9.89. The Balaban J connectivity index is 1.35. The van der Waals surface area contributed by atoms with Crippen molar-refractivity contribution in [2.24, 2.45) is 13.0 Å². The number of piperidine rings is 1. The van der Waals surface area contributed by atoms with E-state index in [1.165, 1.54) is 0 Å². The molecule has 0 unspecified atom stereocenters. The zero-order chi connectivity index (χ0) is 23.7. The molecule has 1 saturated heterocycles. The first kappa shape index (κ1) is 21.8. The van der Waals surface area contributed by atoms with Gasteiger partial charge in [-0.3, -0.25) is 14.4 Å². The molecule has 1 atom stereocenters. The number of pyridine rings is 1. The van der Waals surface area contributed by atoms with Gasteiger partial charge in [0.2, 0.25) is 5.43 Å². The van der Waals surface area contributed by atoms with Gasteiger partial charge in [-0.1, -0.05) is 66.7 Å². The van der Waals surface area contributed by atoms with Crippen LogP contribution in [0.25, 0.3) is 22.0 Å². The summed E-state index contributed by atoms with van der Waals surface area (Å²) in [5, 5.41) is 0.527. The van der Waals surface area contributed by atoms with E-state index in [4.69, 9.17) is 0 Å². The first-order chi connectivity index (χ1) is 16.5. The Morgan fingerprint density at radius 1 is 0.853 bits per heavy atom. The lowest BCUT2D eigenvalue weighted by Gasteiger charge is -2.32. The number of aromatic nitrogens is 1. The van der Waals surface area contributed by atoms with Gasteiger partial charge in [-0.25, -0.2) is 0 Å². The maximum absolute atomic E-state index is 13.3. The molecule has 34 heavy (non-hydrogen) atoms. The normalized spacial score (nSPS) is 15.9. The second-order valence-corrected chi connectivity index (χ2v) is 8.90. The van der Waals surface area contributed by atoms with Crippen LogP contribution in [-0.2, 0) is 7.05 Å². The van der Waals surface area contributed by atoms with Crippen LogP contribution < -0.4 is 5.43 Å². The molecule has 2 heterocycles. The third-order valence-electron chi connectivity index (χ3n) is 6.68. The van der Waals surface area contributed by atoms with Crippen molar-refractivity contribution < 1.29 is 9.59 Å². The van der Waals surface area contributed by atoms with Crippen LogP contribution in [0.5, 0.6) is 0 Å². The maximum atomic E-state index is 13.3. The third-order valence-corrected chi connectivity index (χ3v) is 6.68. The molecule has 3 aromatic carbocycles. The minimum Gasteiger partial charge on any atom is -0.350 e. The van der Waals surface area contributed by atoms with Gasteiger partial charge in [-0.15, -0.1) is 0 Å². The van der Waals surface area contributed by atoms with Gasteiger partial charge in [0.25, 0.3) is 5.91 Å². The number of Topliss-reactive ketones (excluding diaryl/α,β-unsaturated/α-hetero) is 1. The highest BCUT2D eigenvalue weighted by Gasteiger charge is 2.30. The van der Waals surface area contributed by atoms with Gasteiger partial charge in [0.05, 0.1) is 5.52 Å². The quantitative estimate of drug-likeness (QED) is 0.414. The first-order valence-corrected chi connectivity index (χ1v) is 11.6. The van der Waals surface area contributed by atoms with Crippen LogP contribution in [0.2, 0.25) is 0 Å². The number of carbonyl (C=O) groups excluding carboxylic acids is 2. The average molecular weight is 451 g/mol. The summed E-state index contributed by atoms with van der Waals surface area (Å²) in [5.74, 6) is -0.531. The summed E-state index contributed by atoms with van der Waals surface area (Å²) in [7, 11) is 1.83. The molecule has 1 aromatic heterocycles. The van der Waals surface area contributed by atoms with Crippen molar-refractivity contribution in [1.82, 2.24) is 9.47 Å². The van der Waals surface area contributed by atoms with Crippen LogP contribution >= 0.6 is 0 Å². The number of benzene rings is 3. The molecule has 170 valence electrons. The Hall–Kier alpha value is -3.99. The van der Waals surface area contributed by atoms with Crippen LogP contribution in [0.4, 0.5) is 0 Å². The van der Waals surface area contributed by atoms with E-state index < -0.39 is 0 Å². The van der Waals surface area contributed by atoms with Crippen molar-refractivity contribution in [2.45, 2.75) is 12.8 Å². The highest BCUT2D eigenvalue weighted by atomic mass is 16.2. The number of rotatable bonds is 4. The van der Waals surface area contributed by atoms with Crippen LogP contribution in [0.15, 0.2) is 89.9 Å². The van der Waals surface area contributed by atoms with Crippen molar-refractivity contribution in [3.63, 3.8) is 0 Å². The molecular formula is C29H26N2O3. The number of carbonyl (C=O) groups is 2. The Bertz CT molecular complexity index is 1420. The van der Waals surface area contributed by atoms with Crippen LogP contribution in [-0.4, -0.2) is 34.2 Å². The van der Waals surface area contributed by atoms with Gasteiger partial charge >= 0.3 is 0 Å². The lowest BCUT2D eigenvalue weighted by molar-refractivity contribution is 0.0635. The van der Waals surface area contributed by atoms with Crippen molar-refractivity contribution in [3.05, 3.63) is 106 Å². The molecule has 1 amide bonds. The van der Waals surface area contributed by atoms with Gasteiger partial charge in [0, 0.05) is 43.2 Å². The van der Waals surface area contributed by atoms with Gasteiger partial charge in [0.1, 0.15) is 5.56 Å². The number of ketones is 1. The molecule has 5 rings (SSSR count). The highest BCUT2D eigenvalue weighted by Crippen LogP contribution is 2.25. The van der Waals surface area contributed by atoms with E-state index in [1.54, 1.807) is 23.2 Å². The minimum atomic E-state index is -0.303. The van der Waals surface area contributed by atoms with E-state index >= 15 is 0 Å². The number of fused-ring (bicyclic) bond motifs is 1. The van der Waals surface area contributed by atoms with Gasteiger partial charge < -0.3 is 9.47 Å². The fourth-order valence-corrected chi connectivity index (χ4v) is 4.83. The second kappa shape index (κ2) is 9.10. The molecule has 0 saturated carbocycles. The van der Waals surface area contributed by atoms with E-state index in [1.807, 2.05) is 78.3 Å². The summed E-state index contributed by atoms with van der Waals surface area (Å²) in [6.45, 7) is 0.875. The van der Waals surface area contributed by atoms with Crippen molar-refractivity contribution in [2.75, 3.05) is 13.1 Å². The highest BCUT2D eigenvalue weighted by molar-refractivity contribution is 6.00. The zero-order valence-electron chi connectivity index (χ0n) is 19.1. The molecule has 1 aliphatic heterocycles. The molecule has 5 nitrogen and oxygen atoms in total. The Morgan fingerprint density at radius 3 is 2.29 bits per heavy atom. The Kier molecular flexibility index (Phi) is 5.84. The number of para-hydroxylation sites is 1. The minimum absolute atomic E-state index is 0.0449. The predicted molar refractivity (Wildman–Crippen MR) is 134 cm³/mol. The summed E-state index contributed by atoms with van der Waals surface area (Å²) >= 11 is 0. The fraction of sp³-hybridized carbons (Fsp3) is 0.207. The molecule has 1 aliphatic rings. The summed E-state index contributed by atoms with van der Waals surface area (Å²) in [6.07, 6.45) is 3.08. The van der Waals surface area contributed by atoms with Crippen LogP contribution in [0, 0.1) is 5.92 Å². The topological polar surface area (TPSA) is 59.4 Å². The number of hydrogen-bond donors (Lipinski definition) is 0. The van der Waals surface area contributed by atoms with Crippen LogP contribution in [0.3, 0.4) is 0 Å². The van der Waals surface area contributed by atoms with Crippen molar-refractivity contribution in [3.8, 4) is 11.1 Å². The van der Waals surface area contributed by atoms with Gasteiger partial charge in [-0.2, -0.15) is 0 Å². The number of aryl methyl sites for hydroxylation is 1. The standard InChI is InChI=1S/C29H26N2O3/c1-30-19-25(28(33)24-11-5-6-12-26(24)30)29(34)31-17-7-10-23(18-31)27(32)22-15-13-21(14-16-22)20-8-3-2-4-9-20/h2-6,8-9,11-16,19,23H,7,10,17-18H2,1H3/t23-/m0/s1. The fourth-order valence-electron chi connectivity index (χ4n) is 4.83. The first-order valence-electron chi connectivity index (χ1n) is 11.6. The van der Waals surface area contributed by atoms with Crippen molar-refractivity contribution in [1.29, 1.82) is 0 Å². The molecule has 5 heteroatoms. The lowest BCUT2D eigenvalue weighted by Crippen LogP contribution is -2.43. The van der Waals surface area contributed by atoms with E-state index in [2.05, 4.69) is 0 Å². The smallest absolute Gasteiger partial charge is 0.259 e. The largest absolute Gasteiger partial charge is 0.350 e.